The molecule has 1 atom stereocenters. The Bertz CT molecular complexity index is 817. The summed E-state index contributed by atoms with van der Waals surface area (Å²) in [6.45, 7) is 5.52. The van der Waals surface area contributed by atoms with Gasteiger partial charge in [0.2, 0.25) is 0 Å². The summed E-state index contributed by atoms with van der Waals surface area (Å²) in [5.41, 5.74) is 1.94. The van der Waals surface area contributed by atoms with Gasteiger partial charge in [-0.2, -0.15) is 0 Å². The SMILES string of the molecule is Clc1ccc(C2=NC(=NCCCN3CCOCC3)C3C=CC=CC3=N2)cc1. The fourth-order valence-electron chi connectivity index (χ4n) is 3.36. The molecule has 4 rings (SSSR count). The van der Waals surface area contributed by atoms with Crippen molar-refractivity contribution >= 4 is 29.0 Å². The molecule has 27 heavy (non-hydrogen) atoms. The van der Waals surface area contributed by atoms with Gasteiger partial charge in [0.05, 0.1) is 24.8 Å². The molecule has 0 saturated carbocycles. The van der Waals surface area contributed by atoms with Crippen LogP contribution in [0.2, 0.25) is 5.02 Å². The number of rotatable bonds is 5. The summed E-state index contributed by atoms with van der Waals surface area (Å²) >= 11 is 6.01. The number of hydrogen-bond acceptors (Lipinski definition) is 4. The Labute approximate surface area is 164 Å². The number of morpholine rings is 1. The summed E-state index contributed by atoms with van der Waals surface area (Å²) in [6, 6.07) is 7.62. The average Bonchev–Trinajstić information content (AvgIpc) is 2.72. The molecule has 2 aliphatic heterocycles. The fourth-order valence-corrected chi connectivity index (χ4v) is 3.48. The molecule has 1 unspecified atom stereocenters. The van der Waals surface area contributed by atoms with E-state index in [2.05, 4.69) is 11.0 Å². The van der Waals surface area contributed by atoms with Crippen LogP contribution in [0.15, 0.2) is 63.5 Å². The van der Waals surface area contributed by atoms with Gasteiger partial charge in [-0.1, -0.05) is 29.8 Å². The lowest BCUT2D eigenvalue weighted by molar-refractivity contribution is 0.0377. The molecule has 0 aromatic heterocycles. The van der Waals surface area contributed by atoms with Gasteiger partial charge < -0.3 is 4.74 Å². The molecule has 3 aliphatic rings. The molecular weight excluding hydrogens is 360 g/mol. The second-order valence-corrected chi connectivity index (χ2v) is 7.18. The third kappa shape index (κ3) is 4.61. The Hall–Kier alpha value is -2.08. The lowest BCUT2D eigenvalue weighted by Gasteiger charge is -2.26. The van der Waals surface area contributed by atoms with Gasteiger partial charge in [0.1, 0.15) is 5.84 Å². The third-order valence-corrected chi connectivity index (χ3v) is 5.10. The number of nitrogens with zero attached hydrogens (tertiary/aromatic N) is 4. The van der Waals surface area contributed by atoms with Gasteiger partial charge in [-0.25, -0.2) is 9.98 Å². The van der Waals surface area contributed by atoms with E-state index in [0.29, 0.717) is 10.9 Å². The molecule has 5 nitrogen and oxygen atoms in total. The second kappa shape index (κ2) is 8.74. The van der Waals surface area contributed by atoms with Crippen LogP contribution in [0.5, 0.6) is 0 Å². The molecule has 1 aliphatic carbocycles. The lowest BCUT2D eigenvalue weighted by atomic mass is 9.95. The monoisotopic (exact) mass is 382 g/mol. The highest BCUT2D eigenvalue weighted by atomic mass is 35.5. The Morgan fingerprint density at radius 2 is 1.93 bits per heavy atom. The zero-order chi connectivity index (χ0) is 18.5. The minimum atomic E-state index is 0.0504. The molecule has 0 amide bonds. The molecule has 0 N–H and O–H groups in total. The number of aliphatic imine (C=N–C) groups is 3. The highest BCUT2D eigenvalue weighted by molar-refractivity contribution is 6.31. The second-order valence-electron chi connectivity index (χ2n) is 6.75. The van der Waals surface area contributed by atoms with Crippen LogP contribution in [-0.2, 0) is 4.74 Å². The number of benzene rings is 1. The molecule has 0 bridgehead atoms. The maximum atomic E-state index is 6.01. The Balaban J connectivity index is 1.48. The molecule has 6 heteroatoms. The van der Waals surface area contributed by atoms with Crippen molar-refractivity contribution in [3.8, 4) is 0 Å². The largest absolute Gasteiger partial charge is 0.379 e. The van der Waals surface area contributed by atoms with Crippen LogP contribution in [0.4, 0.5) is 0 Å². The van der Waals surface area contributed by atoms with Gasteiger partial charge in [-0.15, -0.1) is 0 Å². The molecule has 2 heterocycles. The van der Waals surface area contributed by atoms with Crippen molar-refractivity contribution in [2.24, 2.45) is 20.9 Å². The number of hydrogen-bond donors (Lipinski definition) is 0. The fraction of sp³-hybridized carbons (Fsp3) is 0.381. The van der Waals surface area contributed by atoms with E-state index in [-0.39, 0.29) is 5.92 Å². The smallest absolute Gasteiger partial charge is 0.161 e. The van der Waals surface area contributed by atoms with Crippen molar-refractivity contribution < 1.29 is 4.74 Å². The minimum Gasteiger partial charge on any atom is -0.379 e. The van der Waals surface area contributed by atoms with E-state index >= 15 is 0 Å². The van der Waals surface area contributed by atoms with Crippen LogP contribution in [-0.4, -0.2) is 61.7 Å². The molecule has 1 fully saturated rings. The highest BCUT2D eigenvalue weighted by Crippen LogP contribution is 2.21. The summed E-state index contributed by atoms with van der Waals surface area (Å²) < 4.78 is 5.40. The van der Waals surface area contributed by atoms with Crippen molar-refractivity contribution in [1.29, 1.82) is 0 Å². The van der Waals surface area contributed by atoms with E-state index in [1.807, 2.05) is 42.5 Å². The first-order valence-corrected chi connectivity index (χ1v) is 9.80. The average molecular weight is 383 g/mol. The summed E-state index contributed by atoms with van der Waals surface area (Å²) in [4.78, 5) is 16.8. The Morgan fingerprint density at radius 3 is 2.74 bits per heavy atom. The number of ether oxygens (including phenoxy) is 1. The maximum Gasteiger partial charge on any atom is 0.161 e. The van der Waals surface area contributed by atoms with E-state index in [9.17, 15) is 0 Å². The molecule has 0 radical (unpaired) electrons. The standard InChI is InChI=1S/C21H23ClN4O/c22-17-8-6-16(7-9-17)20-24-19-5-2-1-4-18(19)21(25-20)23-10-3-11-26-12-14-27-15-13-26/h1-2,4-9,18H,3,10-15H2. The summed E-state index contributed by atoms with van der Waals surface area (Å²) in [5.74, 6) is 1.59. The van der Waals surface area contributed by atoms with Crippen LogP contribution in [0.3, 0.4) is 0 Å². The van der Waals surface area contributed by atoms with Crippen molar-refractivity contribution in [3.63, 3.8) is 0 Å². The van der Waals surface area contributed by atoms with E-state index in [1.54, 1.807) is 0 Å². The van der Waals surface area contributed by atoms with Crippen molar-refractivity contribution in [2.45, 2.75) is 6.42 Å². The van der Waals surface area contributed by atoms with Crippen molar-refractivity contribution in [3.05, 3.63) is 59.2 Å². The third-order valence-electron chi connectivity index (χ3n) is 4.85. The number of allylic oxidation sites excluding steroid dienone is 3. The molecule has 140 valence electrons. The van der Waals surface area contributed by atoms with E-state index < -0.39 is 0 Å². The Morgan fingerprint density at radius 1 is 1.11 bits per heavy atom. The maximum absolute atomic E-state index is 6.01. The van der Waals surface area contributed by atoms with Gasteiger partial charge in [-0.05, 0) is 36.8 Å². The highest BCUT2D eigenvalue weighted by Gasteiger charge is 2.25. The van der Waals surface area contributed by atoms with Crippen molar-refractivity contribution in [2.75, 3.05) is 39.4 Å². The quantitative estimate of drug-likeness (QED) is 0.733. The molecule has 1 saturated heterocycles. The number of halogens is 1. The molecule has 1 aromatic carbocycles. The Kier molecular flexibility index (Phi) is 5.92. The van der Waals surface area contributed by atoms with E-state index in [4.69, 9.17) is 31.3 Å². The van der Waals surface area contributed by atoms with Gasteiger partial charge in [-0.3, -0.25) is 9.89 Å². The predicted molar refractivity (Wildman–Crippen MR) is 111 cm³/mol. The first kappa shape index (κ1) is 18.3. The first-order chi connectivity index (χ1) is 13.3. The zero-order valence-electron chi connectivity index (χ0n) is 15.2. The molecular formula is C21H23ClN4O. The summed E-state index contributed by atoms with van der Waals surface area (Å²) in [5, 5.41) is 0.707. The molecule has 1 aromatic rings. The molecule has 0 spiro atoms. The van der Waals surface area contributed by atoms with Gasteiger partial charge in [0.25, 0.3) is 0 Å². The van der Waals surface area contributed by atoms with Crippen LogP contribution < -0.4 is 0 Å². The summed E-state index contributed by atoms with van der Waals surface area (Å²) in [6.07, 6.45) is 9.22. The normalized spacial score (nSPS) is 23.9. The van der Waals surface area contributed by atoms with E-state index in [1.165, 1.54) is 0 Å². The van der Waals surface area contributed by atoms with Gasteiger partial charge in [0.15, 0.2) is 5.84 Å². The lowest BCUT2D eigenvalue weighted by Crippen LogP contribution is -2.37. The topological polar surface area (TPSA) is 49.5 Å². The first-order valence-electron chi connectivity index (χ1n) is 9.42. The van der Waals surface area contributed by atoms with Gasteiger partial charge >= 0.3 is 0 Å². The van der Waals surface area contributed by atoms with Crippen LogP contribution >= 0.6 is 11.6 Å². The van der Waals surface area contributed by atoms with Crippen LogP contribution in [0.25, 0.3) is 0 Å². The number of amidine groups is 2. The minimum absolute atomic E-state index is 0.0504. The summed E-state index contributed by atoms with van der Waals surface area (Å²) in [7, 11) is 0. The van der Waals surface area contributed by atoms with E-state index in [0.717, 1.165) is 62.9 Å². The zero-order valence-corrected chi connectivity index (χ0v) is 16.0. The van der Waals surface area contributed by atoms with Crippen LogP contribution in [0, 0.1) is 5.92 Å². The van der Waals surface area contributed by atoms with Crippen LogP contribution in [0.1, 0.15) is 12.0 Å². The number of fused-ring (bicyclic) bond motifs is 1. The predicted octanol–water partition coefficient (Wildman–Crippen LogP) is 3.40. The van der Waals surface area contributed by atoms with Gasteiger partial charge in [0, 0.05) is 36.8 Å². The van der Waals surface area contributed by atoms with Crippen molar-refractivity contribution in [1.82, 2.24) is 4.90 Å².